The zero-order valence-electron chi connectivity index (χ0n) is 15.6. The van der Waals surface area contributed by atoms with Gasteiger partial charge in [0.25, 0.3) is 0 Å². The molecule has 8 heteroatoms. The highest BCUT2D eigenvalue weighted by Gasteiger charge is 2.17. The largest absolute Gasteiger partial charge is 0.481 e. The van der Waals surface area contributed by atoms with E-state index in [1.54, 1.807) is 11.8 Å². The van der Waals surface area contributed by atoms with E-state index in [9.17, 15) is 0 Å². The quantitative estimate of drug-likeness (QED) is 0.829. The predicted octanol–water partition coefficient (Wildman–Crippen LogP) is 1.98. The first kappa shape index (κ1) is 18.0. The van der Waals surface area contributed by atoms with E-state index >= 15 is 0 Å². The summed E-state index contributed by atoms with van der Waals surface area (Å²) in [6.45, 7) is 6.76. The molecule has 0 bridgehead atoms. The molecule has 0 spiro atoms. The van der Waals surface area contributed by atoms with Gasteiger partial charge in [0.05, 0.1) is 24.9 Å². The molecular formula is C16H27N7O. The monoisotopic (exact) mass is 333 g/mol. The van der Waals surface area contributed by atoms with Gasteiger partial charge in [0.1, 0.15) is 5.82 Å². The number of nitrogens with one attached hydrogen (secondary N) is 1. The van der Waals surface area contributed by atoms with Crippen LogP contribution in [-0.4, -0.2) is 45.9 Å². The molecule has 8 nitrogen and oxygen atoms in total. The highest BCUT2D eigenvalue weighted by atomic mass is 16.5. The molecule has 0 amide bonds. The maximum absolute atomic E-state index is 5.47. The smallest absolute Gasteiger partial charge is 0.229 e. The Morgan fingerprint density at radius 2 is 1.92 bits per heavy atom. The molecule has 0 aliphatic heterocycles. The molecule has 1 N–H and O–H groups in total. The van der Waals surface area contributed by atoms with Crippen molar-refractivity contribution in [2.24, 2.45) is 7.05 Å². The number of hydrogen-bond acceptors (Lipinski definition) is 7. The number of aryl methyl sites for hydroxylation is 2. The third-order valence-electron chi connectivity index (χ3n) is 3.68. The Balaban J connectivity index is 2.29. The van der Waals surface area contributed by atoms with E-state index in [0.29, 0.717) is 18.4 Å². The molecule has 0 radical (unpaired) electrons. The summed E-state index contributed by atoms with van der Waals surface area (Å²) in [5.41, 5.74) is 2.04. The van der Waals surface area contributed by atoms with E-state index in [1.165, 1.54) is 0 Å². The molecule has 0 atom stereocenters. The van der Waals surface area contributed by atoms with E-state index in [4.69, 9.17) is 4.74 Å². The van der Waals surface area contributed by atoms with Crippen LogP contribution in [0.5, 0.6) is 5.88 Å². The Labute approximate surface area is 143 Å². The lowest BCUT2D eigenvalue weighted by Gasteiger charge is -2.15. The number of nitrogens with zero attached hydrogens (tertiary/aromatic N) is 6. The molecule has 132 valence electrons. The maximum atomic E-state index is 5.47. The molecule has 0 fully saturated rings. The van der Waals surface area contributed by atoms with Gasteiger partial charge in [-0.1, -0.05) is 20.8 Å². The Bertz CT molecular complexity index is 668. The lowest BCUT2D eigenvalue weighted by atomic mass is 10.2. The van der Waals surface area contributed by atoms with Crippen LogP contribution in [0.25, 0.3) is 0 Å². The van der Waals surface area contributed by atoms with Gasteiger partial charge in [-0.25, -0.2) is 4.68 Å². The molecule has 0 unspecified atom stereocenters. The van der Waals surface area contributed by atoms with Gasteiger partial charge in [0, 0.05) is 27.1 Å². The van der Waals surface area contributed by atoms with Crippen LogP contribution >= 0.6 is 0 Å². The van der Waals surface area contributed by atoms with Crippen LogP contribution in [0.2, 0.25) is 0 Å². The molecule has 2 aromatic rings. The van der Waals surface area contributed by atoms with Gasteiger partial charge in [-0.2, -0.15) is 20.1 Å². The van der Waals surface area contributed by atoms with E-state index < -0.39 is 0 Å². The Hall–Kier alpha value is -2.38. The van der Waals surface area contributed by atoms with Crippen molar-refractivity contribution in [3.05, 3.63) is 17.1 Å². The summed E-state index contributed by atoms with van der Waals surface area (Å²) in [5, 5.41) is 7.79. The highest BCUT2D eigenvalue weighted by Crippen LogP contribution is 2.23. The van der Waals surface area contributed by atoms with Gasteiger partial charge in [-0.3, -0.25) is 0 Å². The molecule has 0 saturated carbocycles. The SMILES string of the molecule is CCc1nn(C)c(OC)c1CNc1nc(C(C)C)nc(N(C)C)n1. The third kappa shape index (κ3) is 3.74. The predicted molar refractivity (Wildman–Crippen MR) is 94.7 cm³/mol. The van der Waals surface area contributed by atoms with Crippen LogP contribution in [0.1, 0.15) is 43.8 Å². The van der Waals surface area contributed by atoms with E-state index in [-0.39, 0.29) is 5.92 Å². The van der Waals surface area contributed by atoms with Crippen molar-refractivity contribution in [1.29, 1.82) is 0 Å². The zero-order valence-corrected chi connectivity index (χ0v) is 15.6. The minimum Gasteiger partial charge on any atom is -0.481 e. The van der Waals surface area contributed by atoms with Crippen LogP contribution < -0.4 is 15.0 Å². The molecular weight excluding hydrogens is 306 g/mol. The Morgan fingerprint density at radius 3 is 2.46 bits per heavy atom. The molecule has 24 heavy (non-hydrogen) atoms. The van der Waals surface area contributed by atoms with Gasteiger partial charge in [0.2, 0.25) is 17.8 Å². The molecule has 2 aromatic heterocycles. The zero-order chi connectivity index (χ0) is 17.9. The highest BCUT2D eigenvalue weighted by molar-refractivity contribution is 5.39. The normalized spacial score (nSPS) is 11.0. The Kier molecular flexibility index (Phi) is 5.58. The second-order valence-corrected chi connectivity index (χ2v) is 6.13. The van der Waals surface area contributed by atoms with Crippen molar-refractivity contribution in [2.45, 2.75) is 39.7 Å². The third-order valence-corrected chi connectivity index (χ3v) is 3.68. The van der Waals surface area contributed by atoms with Crippen LogP contribution in [-0.2, 0) is 20.0 Å². The molecule has 0 aliphatic carbocycles. The lowest BCUT2D eigenvalue weighted by Crippen LogP contribution is -2.17. The second-order valence-electron chi connectivity index (χ2n) is 6.13. The van der Waals surface area contributed by atoms with Crippen molar-refractivity contribution in [1.82, 2.24) is 24.7 Å². The number of aromatic nitrogens is 5. The van der Waals surface area contributed by atoms with Crippen molar-refractivity contribution in [2.75, 3.05) is 31.4 Å². The van der Waals surface area contributed by atoms with Crippen molar-refractivity contribution in [3.63, 3.8) is 0 Å². The second kappa shape index (κ2) is 7.46. The van der Waals surface area contributed by atoms with Crippen LogP contribution in [0, 0.1) is 0 Å². The number of hydrogen-bond donors (Lipinski definition) is 1. The average molecular weight is 333 g/mol. The number of ether oxygens (including phenoxy) is 1. The van der Waals surface area contributed by atoms with E-state index in [2.05, 4.69) is 46.1 Å². The minimum absolute atomic E-state index is 0.228. The molecule has 0 saturated heterocycles. The van der Waals surface area contributed by atoms with E-state index in [1.807, 2.05) is 26.0 Å². The lowest BCUT2D eigenvalue weighted by molar-refractivity contribution is 0.369. The number of anilines is 2. The first-order valence-corrected chi connectivity index (χ1v) is 8.13. The van der Waals surface area contributed by atoms with E-state index in [0.717, 1.165) is 29.4 Å². The molecule has 0 aromatic carbocycles. The first-order valence-electron chi connectivity index (χ1n) is 8.13. The van der Waals surface area contributed by atoms with Gasteiger partial charge >= 0.3 is 0 Å². The minimum atomic E-state index is 0.228. The topological polar surface area (TPSA) is 81.0 Å². The summed E-state index contributed by atoms with van der Waals surface area (Å²) < 4.78 is 7.23. The summed E-state index contributed by atoms with van der Waals surface area (Å²) >= 11 is 0. The summed E-state index contributed by atoms with van der Waals surface area (Å²) in [6.07, 6.45) is 0.839. The fraction of sp³-hybridized carbons (Fsp3) is 0.625. The summed E-state index contributed by atoms with van der Waals surface area (Å²) in [4.78, 5) is 15.4. The summed E-state index contributed by atoms with van der Waals surface area (Å²) in [6, 6.07) is 0. The maximum Gasteiger partial charge on any atom is 0.229 e. The van der Waals surface area contributed by atoms with Crippen molar-refractivity contribution < 1.29 is 4.74 Å². The number of rotatable bonds is 7. The standard InChI is InChI=1S/C16H27N7O/c1-8-12-11(14(24-7)23(6)21-12)9-17-15-18-13(10(2)3)19-16(20-15)22(4)5/h10H,8-9H2,1-7H3,(H,17,18,19,20). The fourth-order valence-electron chi connectivity index (χ4n) is 2.41. The molecule has 0 aliphatic rings. The Morgan fingerprint density at radius 1 is 1.21 bits per heavy atom. The first-order chi connectivity index (χ1) is 11.4. The van der Waals surface area contributed by atoms with Gasteiger partial charge in [-0.15, -0.1) is 0 Å². The molecule has 2 rings (SSSR count). The van der Waals surface area contributed by atoms with Gasteiger partial charge in [0.15, 0.2) is 0 Å². The number of methoxy groups -OCH3 is 1. The van der Waals surface area contributed by atoms with Gasteiger partial charge in [-0.05, 0) is 6.42 Å². The summed E-state index contributed by atoms with van der Waals surface area (Å²) in [5.74, 6) is 2.96. The summed E-state index contributed by atoms with van der Waals surface area (Å²) in [7, 11) is 7.38. The van der Waals surface area contributed by atoms with Crippen LogP contribution in [0.15, 0.2) is 0 Å². The van der Waals surface area contributed by atoms with Crippen LogP contribution in [0.3, 0.4) is 0 Å². The van der Waals surface area contributed by atoms with Gasteiger partial charge < -0.3 is 15.0 Å². The average Bonchev–Trinajstić information content (AvgIpc) is 2.87. The fourth-order valence-corrected chi connectivity index (χ4v) is 2.41. The van der Waals surface area contributed by atoms with Crippen molar-refractivity contribution in [3.8, 4) is 5.88 Å². The van der Waals surface area contributed by atoms with Crippen LogP contribution in [0.4, 0.5) is 11.9 Å². The van der Waals surface area contributed by atoms with Crippen molar-refractivity contribution >= 4 is 11.9 Å². The molecule has 2 heterocycles.